The normalized spacial score (nSPS) is 19.4. The highest BCUT2D eigenvalue weighted by atomic mass is 32.2. The first kappa shape index (κ1) is 33.0. The topological polar surface area (TPSA) is 105 Å². The number of aryl methyl sites for hydroxylation is 1. The van der Waals surface area contributed by atoms with Crippen LogP contribution in [0.15, 0.2) is 79.2 Å². The monoisotopic (exact) mass is 677 g/mol. The summed E-state index contributed by atoms with van der Waals surface area (Å²) in [6.07, 6.45) is 12.4. The van der Waals surface area contributed by atoms with E-state index in [1.165, 1.54) is 25.6 Å². The molecule has 1 unspecified atom stereocenters. The Morgan fingerprint density at radius 3 is 2.59 bits per heavy atom. The Labute approximate surface area is 288 Å². The molecule has 0 spiro atoms. The smallest absolute Gasteiger partial charge is 0.253 e. The van der Waals surface area contributed by atoms with Crippen LogP contribution in [0.1, 0.15) is 58.8 Å². The van der Waals surface area contributed by atoms with Crippen LogP contribution in [0.4, 0.5) is 0 Å². The minimum atomic E-state index is -3.98. The van der Waals surface area contributed by atoms with Gasteiger partial charge in [-0.3, -0.25) is 14.5 Å². The van der Waals surface area contributed by atoms with Crippen molar-refractivity contribution in [3.63, 3.8) is 0 Å². The first-order valence-corrected chi connectivity index (χ1v) is 18.4. The van der Waals surface area contributed by atoms with Gasteiger partial charge in [-0.2, -0.15) is 0 Å². The third-order valence-electron chi connectivity index (χ3n) is 10.2. The van der Waals surface area contributed by atoms with E-state index >= 15 is 0 Å². The number of carbonyl (C=O) groups excluding carboxylic acids is 2. The van der Waals surface area contributed by atoms with Crippen LogP contribution < -0.4 is 5.32 Å². The number of allylic oxidation sites excluding steroid dienone is 3. The molecule has 0 saturated heterocycles. The second kappa shape index (κ2) is 12.7. The van der Waals surface area contributed by atoms with Crippen molar-refractivity contribution in [3.05, 3.63) is 107 Å². The van der Waals surface area contributed by atoms with Crippen molar-refractivity contribution >= 4 is 38.4 Å². The lowest BCUT2D eigenvalue weighted by molar-refractivity contribution is -0.122. The summed E-state index contributed by atoms with van der Waals surface area (Å²) in [5.74, 6) is 0.294. The zero-order valence-electron chi connectivity index (χ0n) is 28.6. The molecule has 1 atom stereocenters. The minimum absolute atomic E-state index is 0.0975. The fourth-order valence-electron chi connectivity index (χ4n) is 7.10. The Bertz CT molecular complexity index is 2130. The predicted molar refractivity (Wildman–Crippen MR) is 194 cm³/mol. The van der Waals surface area contributed by atoms with Crippen molar-refractivity contribution in [1.29, 1.82) is 0 Å². The molecular weight excluding hydrogens is 635 g/mol. The molecule has 1 saturated carbocycles. The van der Waals surface area contributed by atoms with Crippen LogP contribution in [0.3, 0.4) is 0 Å². The van der Waals surface area contributed by atoms with Crippen molar-refractivity contribution < 1.29 is 18.0 Å². The lowest BCUT2D eigenvalue weighted by atomic mass is 9.87. The first-order valence-electron chi connectivity index (χ1n) is 17.0. The largest absolute Gasteiger partial charge is 0.355 e. The molecule has 7 rings (SSSR count). The molecule has 3 aliphatic rings. The number of pyridine rings is 1. The fourth-order valence-corrected chi connectivity index (χ4v) is 8.75. The standard InChI is InChI=1S/C39H43N5O4S/c1-26-21-31(22-32-24-43(19-15-33(26)32)20-18-41-37(45)28-11-12-28)30-7-5-16-39(2,23-30)49(47,48)44-25-35(34-8-6-17-40-36(34)44)27-9-13-29(14-10-27)38(46)42(3)4/h5-10,13-14,17,21-23,25,28H,11-12,15-16,18-20,24H2,1-4H3,(H,41,45). The molecule has 2 aliphatic carbocycles. The summed E-state index contributed by atoms with van der Waals surface area (Å²) in [6, 6.07) is 15.3. The summed E-state index contributed by atoms with van der Waals surface area (Å²) in [6.45, 7) is 7.12. The molecule has 2 amide bonds. The van der Waals surface area contributed by atoms with Crippen molar-refractivity contribution in [2.45, 2.75) is 50.8 Å². The minimum Gasteiger partial charge on any atom is -0.355 e. The van der Waals surface area contributed by atoms with Crippen LogP contribution in [0.25, 0.3) is 27.7 Å². The van der Waals surface area contributed by atoms with Gasteiger partial charge >= 0.3 is 0 Å². The molecule has 3 heterocycles. The zero-order chi connectivity index (χ0) is 34.5. The van der Waals surface area contributed by atoms with E-state index in [9.17, 15) is 18.0 Å². The Hall–Kier alpha value is -4.54. The van der Waals surface area contributed by atoms with Crippen LogP contribution in [0.5, 0.6) is 0 Å². The molecule has 1 N–H and O–H groups in total. The van der Waals surface area contributed by atoms with E-state index in [1.54, 1.807) is 51.6 Å². The van der Waals surface area contributed by atoms with E-state index in [1.807, 2.05) is 36.4 Å². The molecule has 4 aromatic rings. The molecule has 10 heteroatoms. The highest BCUT2D eigenvalue weighted by Crippen LogP contribution is 2.39. The lowest BCUT2D eigenvalue weighted by Gasteiger charge is -2.31. The van der Waals surface area contributed by atoms with Crippen LogP contribution in [0, 0.1) is 12.8 Å². The van der Waals surface area contributed by atoms with E-state index in [-0.39, 0.29) is 17.7 Å². The second-order valence-electron chi connectivity index (χ2n) is 14.0. The van der Waals surface area contributed by atoms with Crippen LogP contribution in [-0.4, -0.2) is 77.5 Å². The van der Waals surface area contributed by atoms with Gasteiger partial charge in [0.15, 0.2) is 5.65 Å². The Balaban J connectivity index is 1.18. The van der Waals surface area contributed by atoms with Crippen LogP contribution >= 0.6 is 0 Å². The van der Waals surface area contributed by atoms with Crippen molar-refractivity contribution in [1.82, 2.24) is 24.1 Å². The summed E-state index contributed by atoms with van der Waals surface area (Å²) in [5, 5.41) is 3.80. The number of rotatable bonds is 9. The molecule has 0 bridgehead atoms. The van der Waals surface area contributed by atoms with Gasteiger partial charge in [-0.1, -0.05) is 36.4 Å². The Morgan fingerprint density at radius 2 is 1.86 bits per heavy atom. The summed E-state index contributed by atoms with van der Waals surface area (Å²) in [5.41, 5.74) is 8.16. The zero-order valence-corrected chi connectivity index (χ0v) is 29.4. The summed E-state index contributed by atoms with van der Waals surface area (Å²) >= 11 is 0. The quantitative estimate of drug-likeness (QED) is 0.248. The SMILES string of the molecule is Cc1cc(C2=CC(C)(S(=O)(=O)n3cc(-c4ccc(C(=O)N(C)C)cc4)c4cccnc43)CC=C2)cc2c1CCN(CCNC(=O)C1CC1)C2. The van der Waals surface area contributed by atoms with Gasteiger partial charge in [0.25, 0.3) is 5.91 Å². The maximum atomic E-state index is 14.7. The summed E-state index contributed by atoms with van der Waals surface area (Å²) < 4.78 is 29.4. The van der Waals surface area contributed by atoms with Gasteiger partial charge in [-0.25, -0.2) is 17.4 Å². The van der Waals surface area contributed by atoms with Crippen molar-refractivity contribution in [3.8, 4) is 11.1 Å². The van der Waals surface area contributed by atoms with Gasteiger partial charge in [0.1, 0.15) is 4.75 Å². The van der Waals surface area contributed by atoms with Crippen molar-refractivity contribution in [2.75, 3.05) is 33.7 Å². The van der Waals surface area contributed by atoms with E-state index in [0.29, 0.717) is 24.2 Å². The molecule has 0 radical (unpaired) electrons. The molecule has 2 aromatic heterocycles. The van der Waals surface area contributed by atoms with Gasteiger partial charge in [-0.05, 0) is 103 Å². The maximum Gasteiger partial charge on any atom is 0.253 e. The first-order chi connectivity index (χ1) is 23.4. The summed E-state index contributed by atoms with van der Waals surface area (Å²) in [4.78, 5) is 33.0. The van der Waals surface area contributed by atoms with E-state index in [0.717, 1.165) is 66.5 Å². The number of fused-ring (bicyclic) bond motifs is 2. The van der Waals surface area contributed by atoms with E-state index in [2.05, 4.69) is 34.3 Å². The number of nitrogens with zero attached hydrogens (tertiary/aromatic N) is 4. The number of benzene rings is 2. The molecule has 9 nitrogen and oxygen atoms in total. The molecule has 1 fully saturated rings. The third kappa shape index (κ3) is 6.24. The third-order valence-corrected chi connectivity index (χ3v) is 12.4. The fraction of sp³-hybridized carbons (Fsp3) is 0.359. The van der Waals surface area contributed by atoms with Gasteiger partial charge < -0.3 is 10.2 Å². The highest BCUT2D eigenvalue weighted by Gasteiger charge is 2.41. The lowest BCUT2D eigenvalue weighted by Crippen LogP contribution is -2.38. The van der Waals surface area contributed by atoms with Crippen molar-refractivity contribution in [2.24, 2.45) is 5.92 Å². The number of aromatic nitrogens is 2. The molecule has 2 aromatic carbocycles. The Morgan fingerprint density at radius 1 is 1.08 bits per heavy atom. The average molecular weight is 678 g/mol. The van der Waals surface area contributed by atoms with Gasteiger partial charge in [-0.15, -0.1) is 0 Å². The molecule has 49 heavy (non-hydrogen) atoms. The molecule has 1 aliphatic heterocycles. The number of hydrogen-bond acceptors (Lipinski definition) is 6. The van der Waals surface area contributed by atoms with E-state index < -0.39 is 14.8 Å². The second-order valence-corrected chi connectivity index (χ2v) is 16.3. The molecular formula is C39H43N5O4S. The van der Waals surface area contributed by atoms with Gasteiger partial charge in [0, 0.05) is 75.1 Å². The van der Waals surface area contributed by atoms with E-state index in [4.69, 9.17) is 0 Å². The van der Waals surface area contributed by atoms with Crippen LogP contribution in [-0.2, 0) is 27.8 Å². The molecule has 254 valence electrons. The highest BCUT2D eigenvalue weighted by molar-refractivity contribution is 7.91. The summed E-state index contributed by atoms with van der Waals surface area (Å²) in [7, 11) is -0.559. The maximum absolute atomic E-state index is 14.7. The predicted octanol–water partition coefficient (Wildman–Crippen LogP) is 5.58. The van der Waals surface area contributed by atoms with Crippen LogP contribution in [0.2, 0.25) is 0 Å². The number of amides is 2. The number of nitrogens with one attached hydrogen (secondary N) is 1. The number of hydrogen-bond donors (Lipinski definition) is 1. The number of carbonyl (C=O) groups is 2. The van der Waals surface area contributed by atoms with Gasteiger partial charge in [0.2, 0.25) is 15.9 Å². The Kier molecular flexibility index (Phi) is 8.57. The average Bonchev–Trinajstić information content (AvgIpc) is 3.88. The van der Waals surface area contributed by atoms with Gasteiger partial charge in [0.05, 0.1) is 0 Å².